The third-order valence-corrected chi connectivity index (χ3v) is 2.74. The van der Waals surface area contributed by atoms with Gasteiger partial charge in [-0.3, -0.25) is 9.59 Å². The van der Waals surface area contributed by atoms with Crippen LogP contribution in [0.3, 0.4) is 0 Å². The highest BCUT2D eigenvalue weighted by Crippen LogP contribution is 2.10. The molecule has 0 radical (unpaired) electrons. The van der Waals surface area contributed by atoms with Gasteiger partial charge in [-0.15, -0.1) is 0 Å². The van der Waals surface area contributed by atoms with Crippen molar-refractivity contribution in [3.63, 3.8) is 0 Å². The van der Waals surface area contributed by atoms with Crippen LogP contribution in [0.5, 0.6) is 0 Å². The SMILES string of the molecule is Cc1cc(=O)c(C(=O)Nc2ccc(Br)cn2)c[nH]1. The highest BCUT2D eigenvalue weighted by atomic mass is 79.9. The van der Waals surface area contributed by atoms with Crippen molar-refractivity contribution in [2.75, 3.05) is 5.32 Å². The van der Waals surface area contributed by atoms with E-state index in [1.807, 2.05) is 0 Å². The van der Waals surface area contributed by atoms with Crippen molar-refractivity contribution in [2.24, 2.45) is 0 Å². The van der Waals surface area contributed by atoms with Gasteiger partial charge >= 0.3 is 0 Å². The van der Waals surface area contributed by atoms with Crippen molar-refractivity contribution in [3.05, 3.63) is 56.5 Å². The Bertz CT molecular complexity index is 635. The Balaban J connectivity index is 2.22. The molecule has 0 bridgehead atoms. The maximum Gasteiger partial charge on any atom is 0.262 e. The average Bonchev–Trinajstić information content (AvgIpc) is 2.32. The van der Waals surface area contributed by atoms with Crippen LogP contribution < -0.4 is 10.7 Å². The number of hydrogen-bond acceptors (Lipinski definition) is 3. The molecule has 5 nitrogen and oxygen atoms in total. The Morgan fingerprint density at radius 1 is 1.44 bits per heavy atom. The largest absolute Gasteiger partial charge is 0.364 e. The van der Waals surface area contributed by atoms with Crippen LogP contribution in [-0.2, 0) is 0 Å². The molecule has 0 saturated carbocycles. The minimum absolute atomic E-state index is 0.0605. The molecule has 0 fully saturated rings. The lowest BCUT2D eigenvalue weighted by molar-refractivity contribution is 0.102. The quantitative estimate of drug-likeness (QED) is 0.892. The molecular formula is C12H10BrN3O2. The Hall–Kier alpha value is -1.95. The summed E-state index contributed by atoms with van der Waals surface area (Å²) in [5.74, 6) is -0.0887. The Morgan fingerprint density at radius 3 is 2.83 bits per heavy atom. The Kier molecular flexibility index (Phi) is 3.57. The zero-order valence-electron chi connectivity index (χ0n) is 9.53. The fraction of sp³-hybridized carbons (Fsp3) is 0.0833. The van der Waals surface area contributed by atoms with Crippen LogP contribution in [0, 0.1) is 6.92 Å². The van der Waals surface area contributed by atoms with Crippen LogP contribution in [-0.4, -0.2) is 15.9 Å². The van der Waals surface area contributed by atoms with E-state index in [4.69, 9.17) is 0 Å². The second-order valence-electron chi connectivity index (χ2n) is 3.71. The third kappa shape index (κ3) is 2.84. The normalized spacial score (nSPS) is 10.1. The lowest BCUT2D eigenvalue weighted by Gasteiger charge is -2.04. The fourth-order valence-corrected chi connectivity index (χ4v) is 1.62. The summed E-state index contributed by atoms with van der Waals surface area (Å²) in [5.41, 5.74) is 0.449. The minimum atomic E-state index is -0.480. The van der Waals surface area contributed by atoms with Crippen LogP contribution >= 0.6 is 15.9 Å². The molecule has 18 heavy (non-hydrogen) atoms. The Morgan fingerprint density at radius 2 is 2.22 bits per heavy atom. The maximum atomic E-state index is 11.8. The van der Waals surface area contributed by atoms with E-state index in [9.17, 15) is 9.59 Å². The van der Waals surface area contributed by atoms with Crippen molar-refractivity contribution in [1.29, 1.82) is 0 Å². The van der Waals surface area contributed by atoms with E-state index in [1.165, 1.54) is 12.3 Å². The van der Waals surface area contributed by atoms with E-state index < -0.39 is 5.91 Å². The van der Waals surface area contributed by atoms with E-state index in [-0.39, 0.29) is 11.0 Å². The highest BCUT2D eigenvalue weighted by Gasteiger charge is 2.10. The number of aryl methyl sites for hydroxylation is 1. The van der Waals surface area contributed by atoms with Gasteiger partial charge in [0.1, 0.15) is 11.4 Å². The van der Waals surface area contributed by atoms with Gasteiger partial charge in [0.2, 0.25) is 0 Å². The first kappa shape index (κ1) is 12.5. The molecule has 2 rings (SSSR count). The summed E-state index contributed by atoms with van der Waals surface area (Å²) in [6.45, 7) is 1.75. The summed E-state index contributed by atoms with van der Waals surface area (Å²) in [7, 11) is 0. The van der Waals surface area contributed by atoms with Gasteiger partial charge in [0, 0.05) is 28.6 Å². The van der Waals surface area contributed by atoms with Crippen LogP contribution in [0.1, 0.15) is 16.1 Å². The molecule has 2 N–H and O–H groups in total. The van der Waals surface area contributed by atoms with Crippen molar-refractivity contribution >= 4 is 27.7 Å². The van der Waals surface area contributed by atoms with Crippen molar-refractivity contribution < 1.29 is 4.79 Å². The van der Waals surface area contributed by atoms with Gasteiger partial charge in [-0.25, -0.2) is 4.98 Å². The monoisotopic (exact) mass is 307 g/mol. The number of hydrogen-bond donors (Lipinski definition) is 2. The highest BCUT2D eigenvalue weighted by molar-refractivity contribution is 9.10. The number of aromatic nitrogens is 2. The van der Waals surface area contributed by atoms with Gasteiger partial charge in [0.25, 0.3) is 5.91 Å². The van der Waals surface area contributed by atoms with E-state index in [0.717, 1.165) is 4.47 Å². The second-order valence-corrected chi connectivity index (χ2v) is 4.63. The van der Waals surface area contributed by atoms with E-state index in [1.54, 1.807) is 25.3 Å². The fourth-order valence-electron chi connectivity index (χ4n) is 1.38. The molecule has 0 aliphatic carbocycles. The number of aromatic amines is 1. The number of amides is 1. The van der Waals surface area contributed by atoms with Gasteiger partial charge in [0.05, 0.1) is 0 Å². The summed E-state index contributed by atoms with van der Waals surface area (Å²) in [5, 5.41) is 2.55. The number of carbonyl (C=O) groups excluding carboxylic acids is 1. The summed E-state index contributed by atoms with van der Waals surface area (Å²) < 4.78 is 0.814. The lowest BCUT2D eigenvalue weighted by atomic mass is 10.2. The summed E-state index contributed by atoms with van der Waals surface area (Å²) in [6, 6.07) is 4.77. The van der Waals surface area contributed by atoms with E-state index >= 15 is 0 Å². The van der Waals surface area contributed by atoms with Crippen molar-refractivity contribution in [1.82, 2.24) is 9.97 Å². The van der Waals surface area contributed by atoms with Crippen LogP contribution in [0.15, 0.2) is 39.9 Å². The molecule has 0 unspecified atom stereocenters. The van der Waals surface area contributed by atoms with Crippen LogP contribution in [0.4, 0.5) is 5.82 Å². The number of rotatable bonds is 2. The molecule has 0 saturated heterocycles. The van der Waals surface area contributed by atoms with E-state index in [2.05, 4.69) is 31.2 Å². The number of carbonyl (C=O) groups is 1. The van der Waals surface area contributed by atoms with Gasteiger partial charge < -0.3 is 10.3 Å². The first-order chi connectivity index (χ1) is 8.56. The molecule has 2 aromatic heterocycles. The zero-order chi connectivity index (χ0) is 13.1. The topological polar surface area (TPSA) is 74.8 Å². The molecule has 0 atom stereocenters. The molecule has 0 aromatic carbocycles. The molecule has 0 spiro atoms. The molecule has 1 amide bonds. The molecular weight excluding hydrogens is 298 g/mol. The lowest BCUT2D eigenvalue weighted by Crippen LogP contribution is -2.21. The van der Waals surface area contributed by atoms with Gasteiger partial charge in [-0.2, -0.15) is 0 Å². The smallest absolute Gasteiger partial charge is 0.262 e. The van der Waals surface area contributed by atoms with Gasteiger partial charge in [-0.1, -0.05) is 0 Å². The van der Waals surface area contributed by atoms with E-state index in [0.29, 0.717) is 11.5 Å². The standard InChI is InChI=1S/C12H10BrN3O2/c1-7-4-10(17)9(6-14-7)12(18)16-11-3-2-8(13)5-15-11/h2-6H,1H3,(H,14,17)(H,15,16,18). The predicted octanol–water partition coefficient (Wildman–Crippen LogP) is 2.09. The molecule has 0 aliphatic heterocycles. The number of nitrogens with one attached hydrogen (secondary N) is 2. The van der Waals surface area contributed by atoms with Gasteiger partial charge in [0.15, 0.2) is 5.43 Å². The second kappa shape index (κ2) is 5.14. The summed E-state index contributed by atoms with van der Waals surface area (Å²) in [6.07, 6.45) is 2.96. The minimum Gasteiger partial charge on any atom is -0.364 e. The molecule has 2 aromatic rings. The number of anilines is 1. The Labute approximate surface area is 111 Å². The maximum absolute atomic E-state index is 11.8. The number of nitrogens with zero attached hydrogens (tertiary/aromatic N) is 1. The number of H-pyrrole nitrogens is 1. The first-order valence-electron chi connectivity index (χ1n) is 5.18. The number of halogens is 1. The molecule has 6 heteroatoms. The summed E-state index contributed by atoms with van der Waals surface area (Å²) >= 11 is 3.25. The molecule has 92 valence electrons. The average molecular weight is 308 g/mol. The molecule has 0 aliphatic rings. The van der Waals surface area contributed by atoms with Gasteiger partial charge in [-0.05, 0) is 35.0 Å². The zero-order valence-corrected chi connectivity index (χ0v) is 11.1. The van der Waals surface area contributed by atoms with Crippen LogP contribution in [0.25, 0.3) is 0 Å². The first-order valence-corrected chi connectivity index (χ1v) is 5.98. The van der Waals surface area contributed by atoms with Crippen LogP contribution in [0.2, 0.25) is 0 Å². The number of pyridine rings is 2. The summed E-state index contributed by atoms with van der Waals surface area (Å²) in [4.78, 5) is 30.3. The predicted molar refractivity (Wildman–Crippen MR) is 71.7 cm³/mol. The molecule has 2 heterocycles. The third-order valence-electron chi connectivity index (χ3n) is 2.27. The van der Waals surface area contributed by atoms with Crippen molar-refractivity contribution in [2.45, 2.75) is 6.92 Å². The van der Waals surface area contributed by atoms with Crippen molar-refractivity contribution in [3.8, 4) is 0 Å².